The predicted molar refractivity (Wildman–Crippen MR) is 107 cm³/mol. The molecule has 1 saturated heterocycles. The molecule has 1 aliphatic heterocycles. The Morgan fingerprint density at radius 1 is 0.966 bits per heavy atom. The summed E-state index contributed by atoms with van der Waals surface area (Å²) in [4.78, 5) is 25.1. The van der Waals surface area contributed by atoms with Gasteiger partial charge in [-0.25, -0.2) is 8.42 Å². The number of rotatable bonds is 6. The number of hydrogen-bond donors (Lipinski definition) is 1. The summed E-state index contributed by atoms with van der Waals surface area (Å²) in [5.41, 5.74) is 5.52. The van der Waals surface area contributed by atoms with E-state index < -0.39 is 15.9 Å². The van der Waals surface area contributed by atoms with E-state index in [1.165, 1.54) is 40.7 Å². The maximum Gasteiger partial charge on any atom is 0.260 e. The van der Waals surface area contributed by atoms with E-state index in [0.717, 1.165) is 0 Å². The van der Waals surface area contributed by atoms with Gasteiger partial charge in [0.15, 0.2) is 6.61 Å². The average Bonchev–Trinajstić information content (AvgIpc) is 2.72. The van der Waals surface area contributed by atoms with Gasteiger partial charge in [-0.3, -0.25) is 9.59 Å². The largest absolute Gasteiger partial charge is 0.484 e. The fraction of sp³-hybridized carbons (Fsp3) is 0.263. The minimum absolute atomic E-state index is 0.171. The van der Waals surface area contributed by atoms with E-state index in [1.54, 1.807) is 17.0 Å². The molecule has 0 spiro atoms. The van der Waals surface area contributed by atoms with Crippen LogP contribution in [-0.4, -0.2) is 62.2 Å². The molecule has 0 saturated carbocycles. The average molecular weight is 438 g/mol. The lowest BCUT2D eigenvalue weighted by Gasteiger charge is -2.34. The molecule has 0 radical (unpaired) electrons. The second-order valence-electron chi connectivity index (χ2n) is 6.42. The van der Waals surface area contributed by atoms with Gasteiger partial charge in [0, 0.05) is 36.8 Å². The molecule has 10 heteroatoms. The summed E-state index contributed by atoms with van der Waals surface area (Å²) in [7, 11) is -3.63. The number of amides is 2. The molecule has 0 bridgehead atoms. The van der Waals surface area contributed by atoms with Crippen molar-refractivity contribution in [3.63, 3.8) is 0 Å². The Labute approximate surface area is 173 Å². The van der Waals surface area contributed by atoms with Crippen molar-refractivity contribution in [3.05, 3.63) is 59.1 Å². The Morgan fingerprint density at radius 2 is 1.55 bits per heavy atom. The van der Waals surface area contributed by atoms with Gasteiger partial charge in [0.1, 0.15) is 5.75 Å². The van der Waals surface area contributed by atoms with Crippen LogP contribution in [0.25, 0.3) is 0 Å². The Bertz CT molecular complexity index is 986. The molecule has 154 valence electrons. The van der Waals surface area contributed by atoms with E-state index in [1.807, 2.05) is 0 Å². The molecule has 8 nitrogen and oxygen atoms in total. The third-order valence-corrected chi connectivity index (χ3v) is 6.71. The van der Waals surface area contributed by atoms with Crippen molar-refractivity contribution in [1.82, 2.24) is 9.21 Å². The summed E-state index contributed by atoms with van der Waals surface area (Å²) in [6.07, 6.45) is 0. The topological polar surface area (TPSA) is 110 Å². The van der Waals surface area contributed by atoms with Crippen molar-refractivity contribution in [2.45, 2.75) is 4.90 Å². The highest BCUT2D eigenvalue weighted by Gasteiger charge is 2.30. The number of halogens is 1. The number of primary amides is 1. The van der Waals surface area contributed by atoms with Crippen LogP contribution in [0.3, 0.4) is 0 Å². The van der Waals surface area contributed by atoms with Gasteiger partial charge in [0.25, 0.3) is 5.91 Å². The van der Waals surface area contributed by atoms with Gasteiger partial charge in [0.05, 0.1) is 4.90 Å². The first-order valence-electron chi connectivity index (χ1n) is 8.83. The predicted octanol–water partition coefficient (Wildman–Crippen LogP) is 1.35. The first-order valence-corrected chi connectivity index (χ1v) is 10.7. The van der Waals surface area contributed by atoms with Crippen molar-refractivity contribution in [2.24, 2.45) is 5.73 Å². The van der Waals surface area contributed by atoms with Gasteiger partial charge in [-0.1, -0.05) is 11.6 Å². The van der Waals surface area contributed by atoms with E-state index in [2.05, 4.69) is 0 Å². The molecular formula is C19H20ClN3O5S. The number of sulfonamides is 1. The summed E-state index contributed by atoms with van der Waals surface area (Å²) in [5, 5.41) is 0.462. The van der Waals surface area contributed by atoms with Crippen LogP contribution in [0.2, 0.25) is 5.02 Å². The molecule has 0 atom stereocenters. The number of nitrogens with two attached hydrogens (primary N) is 1. The van der Waals surface area contributed by atoms with Crippen molar-refractivity contribution >= 4 is 33.4 Å². The number of benzene rings is 2. The highest BCUT2D eigenvalue weighted by atomic mass is 35.5. The number of hydrogen-bond acceptors (Lipinski definition) is 5. The van der Waals surface area contributed by atoms with Crippen LogP contribution < -0.4 is 10.5 Å². The maximum absolute atomic E-state index is 12.7. The number of ether oxygens (including phenoxy) is 1. The fourth-order valence-electron chi connectivity index (χ4n) is 2.89. The van der Waals surface area contributed by atoms with E-state index >= 15 is 0 Å². The third-order valence-electron chi connectivity index (χ3n) is 4.54. The molecule has 3 rings (SSSR count). The second kappa shape index (κ2) is 8.81. The molecule has 1 heterocycles. The molecule has 2 aromatic rings. The van der Waals surface area contributed by atoms with Crippen molar-refractivity contribution < 1.29 is 22.7 Å². The molecule has 0 aromatic heterocycles. The van der Waals surface area contributed by atoms with Crippen LogP contribution in [0.5, 0.6) is 5.75 Å². The first-order chi connectivity index (χ1) is 13.8. The molecular weight excluding hydrogens is 418 g/mol. The molecule has 1 fully saturated rings. The van der Waals surface area contributed by atoms with Crippen LogP contribution in [0, 0.1) is 0 Å². The summed E-state index contributed by atoms with van der Waals surface area (Å²) < 4.78 is 32.2. The monoisotopic (exact) mass is 437 g/mol. The minimum Gasteiger partial charge on any atom is -0.484 e. The van der Waals surface area contributed by atoms with Crippen molar-refractivity contribution in [2.75, 3.05) is 32.8 Å². The van der Waals surface area contributed by atoms with Crippen LogP contribution in [0.1, 0.15) is 10.4 Å². The third kappa shape index (κ3) is 5.06. The van der Waals surface area contributed by atoms with Crippen LogP contribution in [0.15, 0.2) is 53.4 Å². The standard InChI is InChI=1S/C19H20ClN3O5S/c20-15-3-7-17(8-4-15)29(26,27)23-11-9-22(10-12-23)18(24)13-28-16-5-1-14(2-6-16)19(21)25/h1-8H,9-13H2,(H2,21,25). The van der Waals surface area contributed by atoms with Gasteiger partial charge >= 0.3 is 0 Å². The molecule has 0 aliphatic carbocycles. The number of piperazine rings is 1. The van der Waals surface area contributed by atoms with Gasteiger partial charge in [-0.2, -0.15) is 4.31 Å². The smallest absolute Gasteiger partial charge is 0.260 e. The van der Waals surface area contributed by atoms with Gasteiger partial charge < -0.3 is 15.4 Å². The van der Waals surface area contributed by atoms with Crippen LogP contribution in [0.4, 0.5) is 0 Å². The van der Waals surface area contributed by atoms with Crippen LogP contribution >= 0.6 is 11.6 Å². The molecule has 2 aromatic carbocycles. The zero-order valence-electron chi connectivity index (χ0n) is 15.5. The molecule has 1 aliphatic rings. The Kier molecular flexibility index (Phi) is 6.41. The molecule has 2 N–H and O–H groups in total. The first kappa shape index (κ1) is 21.1. The lowest BCUT2D eigenvalue weighted by atomic mass is 10.2. The van der Waals surface area contributed by atoms with Gasteiger partial charge in [-0.15, -0.1) is 0 Å². The van der Waals surface area contributed by atoms with E-state index in [0.29, 0.717) is 16.3 Å². The molecule has 29 heavy (non-hydrogen) atoms. The highest BCUT2D eigenvalue weighted by Crippen LogP contribution is 2.20. The van der Waals surface area contributed by atoms with Crippen molar-refractivity contribution in [1.29, 1.82) is 0 Å². The zero-order chi connectivity index (χ0) is 21.0. The van der Waals surface area contributed by atoms with Crippen molar-refractivity contribution in [3.8, 4) is 5.75 Å². The van der Waals surface area contributed by atoms with E-state index in [4.69, 9.17) is 22.1 Å². The normalized spacial score (nSPS) is 15.1. The molecule has 2 amide bonds. The second-order valence-corrected chi connectivity index (χ2v) is 8.79. The Hall–Kier alpha value is -2.62. The number of nitrogens with zero attached hydrogens (tertiary/aromatic N) is 2. The van der Waals surface area contributed by atoms with Gasteiger partial charge in [-0.05, 0) is 48.5 Å². The summed E-state index contributed by atoms with van der Waals surface area (Å²) in [6, 6.07) is 12.1. The highest BCUT2D eigenvalue weighted by molar-refractivity contribution is 7.89. The van der Waals surface area contributed by atoms with E-state index in [9.17, 15) is 18.0 Å². The van der Waals surface area contributed by atoms with Crippen LogP contribution in [-0.2, 0) is 14.8 Å². The van der Waals surface area contributed by atoms with E-state index in [-0.39, 0.29) is 43.6 Å². The number of carbonyl (C=O) groups is 2. The Balaban J connectivity index is 1.52. The SMILES string of the molecule is NC(=O)c1ccc(OCC(=O)N2CCN(S(=O)(=O)c3ccc(Cl)cc3)CC2)cc1. The summed E-state index contributed by atoms with van der Waals surface area (Å²) in [6.45, 7) is 0.763. The zero-order valence-corrected chi connectivity index (χ0v) is 17.0. The minimum atomic E-state index is -3.63. The van der Waals surface area contributed by atoms with Gasteiger partial charge in [0.2, 0.25) is 15.9 Å². The lowest BCUT2D eigenvalue weighted by molar-refractivity contribution is -0.134. The number of carbonyl (C=O) groups excluding carboxylic acids is 2. The molecule has 0 unspecified atom stereocenters. The maximum atomic E-state index is 12.7. The lowest BCUT2D eigenvalue weighted by Crippen LogP contribution is -2.51. The quantitative estimate of drug-likeness (QED) is 0.733. The summed E-state index contributed by atoms with van der Waals surface area (Å²) in [5.74, 6) is -0.348. The summed E-state index contributed by atoms with van der Waals surface area (Å²) >= 11 is 5.81. The fourth-order valence-corrected chi connectivity index (χ4v) is 4.43. The Morgan fingerprint density at radius 3 is 2.10 bits per heavy atom.